The van der Waals surface area contributed by atoms with Crippen molar-refractivity contribution < 1.29 is 29.3 Å². The van der Waals surface area contributed by atoms with Gasteiger partial charge in [0.25, 0.3) is 0 Å². The van der Waals surface area contributed by atoms with Crippen LogP contribution in [0, 0.1) is 0 Å². The first kappa shape index (κ1) is 20.0. The van der Waals surface area contributed by atoms with Gasteiger partial charge in [0.1, 0.15) is 6.04 Å². The molecule has 144 valence electrons. The molecular formula is C19H27NO6. The molecule has 2 N–H and O–H groups in total. The molecule has 2 rings (SSSR count). The molecule has 1 aromatic carbocycles. The van der Waals surface area contributed by atoms with E-state index in [1.807, 2.05) is 6.92 Å². The summed E-state index contributed by atoms with van der Waals surface area (Å²) < 4.78 is 10.6. The monoisotopic (exact) mass is 365 g/mol. The van der Waals surface area contributed by atoms with Gasteiger partial charge in [0, 0.05) is 12.1 Å². The van der Waals surface area contributed by atoms with Crippen molar-refractivity contribution in [2.24, 2.45) is 0 Å². The van der Waals surface area contributed by atoms with Gasteiger partial charge in [0.2, 0.25) is 5.91 Å². The number of aliphatic hydroxyl groups excluding tert-OH is 1. The number of methoxy groups -OCH3 is 2. The molecule has 1 heterocycles. The molecule has 1 saturated heterocycles. The van der Waals surface area contributed by atoms with Crippen LogP contribution in [0.25, 0.3) is 0 Å². The number of rotatable bonds is 7. The first-order chi connectivity index (χ1) is 12.5. The van der Waals surface area contributed by atoms with Crippen molar-refractivity contribution >= 4 is 11.9 Å². The van der Waals surface area contributed by atoms with E-state index in [1.54, 1.807) is 12.1 Å². The van der Waals surface area contributed by atoms with E-state index in [9.17, 15) is 19.8 Å². The number of nitrogens with zero attached hydrogens (tertiary/aromatic N) is 1. The number of piperidine rings is 1. The maximum absolute atomic E-state index is 13.1. The number of likely N-dealkylation sites (tertiary alicyclic amines) is 1. The van der Waals surface area contributed by atoms with Gasteiger partial charge in [-0.2, -0.15) is 0 Å². The molecule has 0 aliphatic carbocycles. The SMILES string of the molecule is CC[C@H](C(=O)N1CCCC[C@H]1C(=O)O)c1cc(CO)c(OC)c(OC)c1. The van der Waals surface area contributed by atoms with Gasteiger partial charge in [-0.1, -0.05) is 6.92 Å². The topological polar surface area (TPSA) is 96.3 Å². The van der Waals surface area contributed by atoms with Crippen LogP contribution in [0.3, 0.4) is 0 Å². The molecule has 0 aromatic heterocycles. The van der Waals surface area contributed by atoms with E-state index >= 15 is 0 Å². The van der Waals surface area contributed by atoms with Gasteiger partial charge in [0.05, 0.1) is 26.7 Å². The average molecular weight is 365 g/mol. The summed E-state index contributed by atoms with van der Waals surface area (Å²) in [6, 6.07) is 2.68. The van der Waals surface area contributed by atoms with Crippen LogP contribution in [0.15, 0.2) is 12.1 Å². The molecule has 1 aliphatic heterocycles. The maximum Gasteiger partial charge on any atom is 0.326 e. The Kier molecular flexibility index (Phi) is 6.85. The van der Waals surface area contributed by atoms with E-state index < -0.39 is 17.9 Å². The van der Waals surface area contributed by atoms with Gasteiger partial charge in [-0.15, -0.1) is 0 Å². The second-order valence-electron chi connectivity index (χ2n) is 6.42. The normalized spacial score (nSPS) is 18.3. The fourth-order valence-electron chi connectivity index (χ4n) is 3.59. The third-order valence-electron chi connectivity index (χ3n) is 4.93. The smallest absolute Gasteiger partial charge is 0.326 e. The molecule has 1 amide bonds. The van der Waals surface area contributed by atoms with Crippen LogP contribution in [-0.2, 0) is 16.2 Å². The van der Waals surface area contributed by atoms with E-state index in [-0.39, 0.29) is 12.5 Å². The van der Waals surface area contributed by atoms with Gasteiger partial charge >= 0.3 is 5.97 Å². The standard InChI is InChI=1S/C19H27NO6/c1-4-14(18(22)20-8-6-5-7-15(20)19(23)24)12-9-13(11-21)17(26-3)16(10-12)25-2/h9-10,14-15,21H,4-8,11H2,1-3H3,(H,23,24)/t14-,15-/m0/s1. The van der Waals surface area contributed by atoms with Crippen molar-refractivity contribution in [3.63, 3.8) is 0 Å². The number of ether oxygens (including phenoxy) is 2. The summed E-state index contributed by atoms with van der Waals surface area (Å²) in [5.74, 6) is -0.789. The number of benzene rings is 1. The highest BCUT2D eigenvalue weighted by Crippen LogP contribution is 2.37. The van der Waals surface area contributed by atoms with E-state index in [0.29, 0.717) is 42.0 Å². The van der Waals surface area contributed by atoms with Crippen LogP contribution >= 0.6 is 0 Å². The summed E-state index contributed by atoms with van der Waals surface area (Å²) in [4.78, 5) is 26.1. The van der Waals surface area contributed by atoms with Crippen molar-refractivity contribution in [1.82, 2.24) is 4.90 Å². The molecule has 0 unspecified atom stereocenters. The second kappa shape index (κ2) is 8.89. The number of carboxylic acids is 1. The first-order valence-corrected chi connectivity index (χ1v) is 8.87. The van der Waals surface area contributed by atoms with E-state index in [4.69, 9.17) is 9.47 Å². The minimum Gasteiger partial charge on any atom is -0.493 e. The zero-order chi connectivity index (χ0) is 19.3. The van der Waals surface area contributed by atoms with Gasteiger partial charge in [-0.05, 0) is 43.4 Å². The van der Waals surface area contributed by atoms with Crippen LogP contribution in [-0.4, -0.2) is 53.8 Å². The Morgan fingerprint density at radius 1 is 1.27 bits per heavy atom. The third-order valence-corrected chi connectivity index (χ3v) is 4.93. The molecular weight excluding hydrogens is 338 g/mol. The Labute approximate surface area is 153 Å². The third kappa shape index (κ3) is 3.93. The summed E-state index contributed by atoms with van der Waals surface area (Å²) in [5, 5.41) is 19.1. The number of carbonyl (C=O) groups is 2. The van der Waals surface area contributed by atoms with Gasteiger partial charge in [0.15, 0.2) is 11.5 Å². The lowest BCUT2D eigenvalue weighted by atomic mass is 9.90. The van der Waals surface area contributed by atoms with Gasteiger partial charge < -0.3 is 24.6 Å². The van der Waals surface area contributed by atoms with Crippen molar-refractivity contribution in [1.29, 1.82) is 0 Å². The number of amides is 1. The second-order valence-corrected chi connectivity index (χ2v) is 6.42. The molecule has 0 radical (unpaired) electrons. The number of aliphatic carboxylic acids is 1. The summed E-state index contributed by atoms with van der Waals surface area (Å²) in [7, 11) is 2.99. The molecule has 0 bridgehead atoms. The summed E-state index contributed by atoms with van der Waals surface area (Å²) >= 11 is 0. The average Bonchev–Trinajstić information content (AvgIpc) is 2.67. The highest BCUT2D eigenvalue weighted by Gasteiger charge is 2.35. The van der Waals surface area contributed by atoms with Crippen LogP contribution in [0.5, 0.6) is 11.5 Å². The van der Waals surface area contributed by atoms with Gasteiger partial charge in [-0.3, -0.25) is 4.79 Å². The Balaban J connectivity index is 2.40. The van der Waals surface area contributed by atoms with Crippen molar-refractivity contribution in [3.8, 4) is 11.5 Å². The number of aliphatic hydroxyl groups is 1. The summed E-state index contributed by atoms with van der Waals surface area (Å²) in [5.41, 5.74) is 1.22. The van der Waals surface area contributed by atoms with Crippen LogP contribution in [0.4, 0.5) is 0 Å². The first-order valence-electron chi connectivity index (χ1n) is 8.87. The minimum atomic E-state index is -0.962. The zero-order valence-corrected chi connectivity index (χ0v) is 15.5. The predicted molar refractivity (Wildman–Crippen MR) is 95.5 cm³/mol. The highest BCUT2D eigenvalue weighted by molar-refractivity contribution is 5.88. The number of hydrogen-bond donors (Lipinski definition) is 2. The molecule has 0 spiro atoms. The molecule has 1 fully saturated rings. The fraction of sp³-hybridized carbons (Fsp3) is 0.579. The van der Waals surface area contributed by atoms with E-state index in [0.717, 1.165) is 12.8 Å². The lowest BCUT2D eigenvalue weighted by Crippen LogP contribution is -2.49. The molecule has 7 heteroatoms. The Morgan fingerprint density at radius 2 is 2.00 bits per heavy atom. The van der Waals surface area contributed by atoms with Crippen LogP contribution < -0.4 is 9.47 Å². The molecule has 26 heavy (non-hydrogen) atoms. The molecule has 1 aromatic rings. The summed E-state index contributed by atoms with van der Waals surface area (Å²) in [6.07, 6.45) is 2.61. The zero-order valence-electron chi connectivity index (χ0n) is 15.5. The van der Waals surface area contributed by atoms with Crippen LogP contribution in [0.1, 0.15) is 49.7 Å². The Morgan fingerprint density at radius 3 is 2.54 bits per heavy atom. The Bertz CT molecular complexity index is 634. The molecule has 7 nitrogen and oxygen atoms in total. The molecule has 0 saturated carbocycles. The quantitative estimate of drug-likeness (QED) is 0.769. The number of carboxylic acid groups (broad SMARTS) is 1. The number of hydrogen-bond acceptors (Lipinski definition) is 5. The Hall–Kier alpha value is -2.28. The highest BCUT2D eigenvalue weighted by atomic mass is 16.5. The number of carbonyl (C=O) groups excluding carboxylic acids is 1. The maximum atomic E-state index is 13.1. The van der Waals surface area contributed by atoms with Crippen LogP contribution in [0.2, 0.25) is 0 Å². The largest absolute Gasteiger partial charge is 0.493 e. The van der Waals surface area contributed by atoms with E-state index in [2.05, 4.69) is 0 Å². The predicted octanol–water partition coefficient (Wildman–Crippen LogP) is 2.16. The van der Waals surface area contributed by atoms with Crippen molar-refractivity contribution in [3.05, 3.63) is 23.3 Å². The van der Waals surface area contributed by atoms with Crippen molar-refractivity contribution in [2.75, 3.05) is 20.8 Å². The molecule has 2 atom stereocenters. The molecule has 1 aliphatic rings. The lowest BCUT2D eigenvalue weighted by molar-refractivity contribution is -0.152. The van der Waals surface area contributed by atoms with Crippen molar-refractivity contribution in [2.45, 2.75) is 51.2 Å². The fourth-order valence-corrected chi connectivity index (χ4v) is 3.59. The van der Waals surface area contributed by atoms with Gasteiger partial charge in [-0.25, -0.2) is 4.79 Å². The summed E-state index contributed by atoms with van der Waals surface area (Å²) in [6.45, 7) is 2.09. The lowest BCUT2D eigenvalue weighted by Gasteiger charge is -2.35. The van der Waals surface area contributed by atoms with E-state index in [1.165, 1.54) is 19.1 Å². The minimum absolute atomic E-state index is 0.198.